The van der Waals surface area contributed by atoms with Crippen LogP contribution in [0, 0.1) is 5.92 Å². The Bertz CT molecular complexity index is 572. The summed E-state index contributed by atoms with van der Waals surface area (Å²) in [4.78, 5) is 18.6. The van der Waals surface area contributed by atoms with Crippen LogP contribution in [-0.4, -0.2) is 46.2 Å². The summed E-state index contributed by atoms with van der Waals surface area (Å²) in [6.45, 7) is 8.53. The number of hydrogen-bond acceptors (Lipinski definition) is 7. The Kier molecular flexibility index (Phi) is 4.18. The molecule has 0 saturated carbocycles. The van der Waals surface area contributed by atoms with Gasteiger partial charge < -0.3 is 19.9 Å². The van der Waals surface area contributed by atoms with Crippen molar-refractivity contribution in [3.8, 4) is 0 Å². The number of aryl methyl sites for hydroxylation is 1. The van der Waals surface area contributed by atoms with E-state index in [1.807, 2.05) is 20.8 Å². The summed E-state index contributed by atoms with van der Waals surface area (Å²) in [5, 5.41) is 4.09. The van der Waals surface area contributed by atoms with Gasteiger partial charge in [0.1, 0.15) is 5.60 Å². The van der Waals surface area contributed by atoms with Gasteiger partial charge in [-0.05, 0) is 52.6 Å². The van der Waals surface area contributed by atoms with Crippen molar-refractivity contribution in [2.75, 3.05) is 19.6 Å². The van der Waals surface area contributed by atoms with Gasteiger partial charge in [-0.3, -0.25) is 4.79 Å². The summed E-state index contributed by atoms with van der Waals surface area (Å²) in [6.07, 6.45) is 2.77. The molecule has 7 nitrogen and oxygen atoms in total. The third-order valence-corrected chi connectivity index (χ3v) is 4.65. The van der Waals surface area contributed by atoms with Crippen molar-refractivity contribution < 1.29 is 14.1 Å². The first-order valence-corrected chi connectivity index (χ1v) is 8.32. The van der Waals surface area contributed by atoms with Crippen molar-refractivity contribution in [3.63, 3.8) is 0 Å². The second-order valence-corrected chi connectivity index (χ2v) is 7.69. The predicted molar refractivity (Wildman–Crippen MR) is 83.5 cm³/mol. The zero-order chi connectivity index (χ0) is 16.7. The number of ether oxygens (including phenoxy) is 1. The number of esters is 1. The predicted octanol–water partition coefficient (Wildman–Crippen LogP) is 1.22. The molecule has 0 aromatic carbocycles. The molecule has 0 aliphatic carbocycles. The molecule has 128 valence electrons. The number of rotatable bonds is 4. The highest BCUT2D eigenvalue weighted by Gasteiger charge is 2.48. The van der Waals surface area contributed by atoms with Gasteiger partial charge in [0.15, 0.2) is 5.82 Å². The zero-order valence-corrected chi connectivity index (χ0v) is 14.2. The van der Waals surface area contributed by atoms with E-state index in [-0.39, 0.29) is 12.4 Å². The SMILES string of the molecule is CC(C)(C)OC(=O)CCc1nc(C2(N)CN3CCC2CC3)no1. The van der Waals surface area contributed by atoms with Crippen LogP contribution in [0.15, 0.2) is 4.52 Å². The summed E-state index contributed by atoms with van der Waals surface area (Å²) in [7, 11) is 0. The van der Waals surface area contributed by atoms with Crippen LogP contribution in [0.25, 0.3) is 0 Å². The first-order chi connectivity index (χ1) is 10.8. The minimum atomic E-state index is -0.524. The first kappa shape index (κ1) is 16.4. The molecule has 1 unspecified atom stereocenters. The molecule has 4 heterocycles. The van der Waals surface area contributed by atoms with Gasteiger partial charge in [-0.1, -0.05) is 5.16 Å². The topological polar surface area (TPSA) is 94.5 Å². The molecule has 1 aromatic heterocycles. The van der Waals surface area contributed by atoms with E-state index >= 15 is 0 Å². The van der Waals surface area contributed by atoms with E-state index in [9.17, 15) is 4.79 Å². The molecule has 1 atom stereocenters. The number of fused-ring (bicyclic) bond motifs is 3. The molecular weight excluding hydrogens is 296 g/mol. The lowest BCUT2D eigenvalue weighted by Crippen LogP contribution is -2.62. The number of nitrogens with zero attached hydrogens (tertiary/aromatic N) is 3. The summed E-state index contributed by atoms with van der Waals surface area (Å²) >= 11 is 0. The number of piperidine rings is 3. The Hall–Kier alpha value is -1.47. The van der Waals surface area contributed by atoms with Crippen molar-refractivity contribution in [1.82, 2.24) is 15.0 Å². The maximum Gasteiger partial charge on any atom is 0.306 e. The number of carbonyl (C=O) groups is 1. The number of hydrogen-bond donors (Lipinski definition) is 1. The van der Waals surface area contributed by atoms with E-state index in [0.717, 1.165) is 32.5 Å². The Morgan fingerprint density at radius 3 is 2.70 bits per heavy atom. The summed E-state index contributed by atoms with van der Waals surface area (Å²) in [5.74, 6) is 1.17. The van der Waals surface area contributed by atoms with E-state index in [0.29, 0.717) is 24.1 Å². The Labute approximate surface area is 136 Å². The lowest BCUT2D eigenvalue weighted by Gasteiger charge is -2.49. The summed E-state index contributed by atoms with van der Waals surface area (Å²) in [5.41, 5.74) is 5.60. The molecule has 0 spiro atoms. The third-order valence-electron chi connectivity index (χ3n) is 4.65. The highest BCUT2D eigenvalue weighted by molar-refractivity contribution is 5.70. The molecular formula is C16H26N4O3. The van der Waals surface area contributed by atoms with Crippen LogP contribution in [-0.2, 0) is 21.5 Å². The smallest absolute Gasteiger partial charge is 0.306 e. The molecule has 7 heteroatoms. The minimum absolute atomic E-state index is 0.228. The molecule has 2 N–H and O–H groups in total. The fourth-order valence-corrected chi connectivity index (χ4v) is 3.51. The molecule has 3 aliphatic rings. The Balaban J connectivity index is 1.61. The van der Waals surface area contributed by atoms with Crippen molar-refractivity contribution in [3.05, 3.63) is 11.7 Å². The van der Waals surface area contributed by atoms with Crippen molar-refractivity contribution >= 4 is 5.97 Å². The molecule has 3 saturated heterocycles. The van der Waals surface area contributed by atoms with Gasteiger partial charge in [-0.15, -0.1) is 0 Å². The highest BCUT2D eigenvalue weighted by atomic mass is 16.6. The van der Waals surface area contributed by atoms with Gasteiger partial charge >= 0.3 is 5.97 Å². The largest absolute Gasteiger partial charge is 0.460 e. The highest BCUT2D eigenvalue weighted by Crippen LogP contribution is 2.39. The molecule has 3 aliphatic heterocycles. The van der Waals surface area contributed by atoms with Gasteiger partial charge in [0.2, 0.25) is 5.89 Å². The molecule has 23 heavy (non-hydrogen) atoms. The van der Waals surface area contributed by atoms with Crippen LogP contribution in [0.4, 0.5) is 0 Å². The van der Waals surface area contributed by atoms with E-state index in [1.54, 1.807) is 0 Å². The standard InChI is InChI=1S/C16H26N4O3/c1-15(2,3)22-13(21)5-4-12-18-14(19-23-12)16(17)10-20-8-6-11(16)7-9-20/h11H,4-10,17H2,1-3H3. The maximum absolute atomic E-state index is 11.8. The quantitative estimate of drug-likeness (QED) is 0.833. The van der Waals surface area contributed by atoms with Crippen LogP contribution in [0.2, 0.25) is 0 Å². The molecule has 0 amide bonds. The number of carbonyl (C=O) groups excluding carboxylic acids is 1. The molecule has 2 bridgehead atoms. The second-order valence-electron chi connectivity index (χ2n) is 7.69. The van der Waals surface area contributed by atoms with Crippen molar-refractivity contribution in [2.45, 2.75) is 57.6 Å². The Morgan fingerprint density at radius 1 is 1.43 bits per heavy atom. The lowest BCUT2D eigenvalue weighted by molar-refractivity contribution is -0.154. The van der Waals surface area contributed by atoms with Gasteiger partial charge in [-0.2, -0.15) is 4.98 Å². The minimum Gasteiger partial charge on any atom is -0.460 e. The van der Waals surface area contributed by atoms with Crippen LogP contribution in [0.5, 0.6) is 0 Å². The second kappa shape index (κ2) is 5.87. The monoisotopic (exact) mass is 322 g/mol. The molecule has 1 aromatic rings. The van der Waals surface area contributed by atoms with Crippen LogP contribution in [0.1, 0.15) is 51.7 Å². The fraction of sp³-hybridized carbons (Fsp3) is 0.812. The number of aromatic nitrogens is 2. The zero-order valence-electron chi connectivity index (χ0n) is 14.2. The molecule has 4 rings (SSSR count). The third kappa shape index (κ3) is 3.55. The van der Waals surface area contributed by atoms with Crippen LogP contribution in [0.3, 0.4) is 0 Å². The van der Waals surface area contributed by atoms with E-state index < -0.39 is 11.1 Å². The lowest BCUT2D eigenvalue weighted by atomic mass is 9.73. The van der Waals surface area contributed by atoms with Gasteiger partial charge in [0.05, 0.1) is 12.0 Å². The fourth-order valence-electron chi connectivity index (χ4n) is 3.51. The molecule has 3 fully saturated rings. The van der Waals surface area contributed by atoms with Crippen LogP contribution >= 0.6 is 0 Å². The van der Waals surface area contributed by atoms with Gasteiger partial charge in [-0.25, -0.2) is 0 Å². The average Bonchev–Trinajstić information content (AvgIpc) is 2.94. The van der Waals surface area contributed by atoms with Crippen molar-refractivity contribution in [2.24, 2.45) is 11.7 Å². The van der Waals surface area contributed by atoms with E-state index in [4.69, 9.17) is 15.0 Å². The average molecular weight is 322 g/mol. The normalized spacial score (nSPS) is 30.4. The maximum atomic E-state index is 11.8. The number of nitrogens with two attached hydrogens (primary N) is 1. The van der Waals surface area contributed by atoms with E-state index in [1.165, 1.54) is 0 Å². The van der Waals surface area contributed by atoms with Gasteiger partial charge in [0, 0.05) is 13.0 Å². The summed E-state index contributed by atoms with van der Waals surface area (Å²) in [6, 6.07) is 0. The van der Waals surface area contributed by atoms with Crippen molar-refractivity contribution in [1.29, 1.82) is 0 Å². The van der Waals surface area contributed by atoms with E-state index in [2.05, 4.69) is 15.0 Å². The first-order valence-electron chi connectivity index (χ1n) is 8.32. The van der Waals surface area contributed by atoms with Gasteiger partial charge in [0.25, 0.3) is 0 Å². The summed E-state index contributed by atoms with van der Waals surface area (Å²) < 4.78 is 10.6. The molecule has 0 radical (unpaired) electrons. The Morgan fingerprint density at radius 2 is 2.13 bits per heavy atom. The van der Waals surface area contributed by atoms with Crippen LogP contribution < -0.4 is 5.73 Å².